The first kappa shape index (κ1) is 11.1. The molecule has 1 aromatic heterocycles. The lowest BCUT2D eigenvalue weighted by molar-refractivity contribution is -0.0496. The molecule has 84 valence electrons. The highest BCUT2D eigenvalue weighted by atomic mass is 32.1. The van der Waals surface area contributed by atoms with E-state index in [1.807, 2.05) is 18.4 Å². The molecule has 1 N–H and O–H groups in total. The van der Waals surface area contributed by atoms with Crippen LogP contribution < -0.4 is 5.32 Å². The lowest BCUT2D eigenvalue weighted by Gasteiger charge is -2.41. The molecule has 0 spiro atoms. The van der Waals surface area contributed by atoms with Crippen molar-refractivity contribution in [3.05, 3.63) is 21.9 Å². The number of thiophene rings is 1. The number of hydrogen-bond donors (Lipinski definition) is 1. The highest BCUT2D eigenvalue weighted by Crippen LogP contribution is 2.26. The van der Waals surface area contributed by atoms with Crippen molar-refractivity contribution in [2.75, 3.05) is 20.2 Å². The van der Waals surface area contributed by atoms with Crippen LogP contribution in [0.15, 0.2) is 12.1 Å². The zero-order valence-electron chi connectivity index (χ0n) is 9.51. The van der Waals surface area contributed by atoms with Gasteiger partial charge in [-0.2, -0.15) is 0 Å². The summed E-state index contributed by atoms with van der Waals surface area (Å²) >= 11 is 1.94. The number of ether oxygens (including phenoxy) is 1. The first-order valence-corrected chi connectivity index (χ1v) is 6.43. The summed E-state index contributed by atoms with van der Waals surface area (Å²) in [4.78, 5) is 2.97. The molecule has 0 saturated carbocycles. The fraction of sp³-hybridized carbons (Fsp3) is 0.667. The Morgan fingerprint density at radius 3 is 2.67 bits per heavy atom. The van der Waals surface area contributed by atoms with Gasteiger partial charge in [-0.3, -0.25) is 0 Å². The van der Waals surface area contributed by atoms with Crippen molar-refractivity contribution in [1.29, 1.82) is 0 Å². The fourth-order valence-corrected chi connectivity index (χ4v) is 3.21. The van der Waals surface area contributed by atoms with Gasteiger partial charge in [0.25, 0.3) is 0 Å². The van der Waals surface area contributed by atoms with Crippen LogP contribution in [0.3, 0.4) is 0 Å². The third-order valence-corrected chi connectivity index (χ3v) is 4.18. The Morgan fingerprint density at radius 1 is 1.40 bits per heavy atom. The van der Waals surface area contributed by atoms with E-state index in [0.29, 0.717) is 0 Å². The fourth-order valence-electron chi connectivity index (χ4n) is 1.96. The monoisotopic (exact) mass is 225 g/mol. The number of rotatable bonds is 5. The van der Waals surface area contributed by atoms with E-state index < -0.39 is 0 Å². The molecule has 1 aliphatic rings. The summed E-state index contributed by atoms with van der Waals surface area (Å²) in [5.41, 5.74) is 0.0777. The Kier molecular flexibility index (Phi) is 3.44. The predicted octanol–water partition coefficient (Wildman–Crippen LogP) is 2.23. The average Bonchev–Trinajstić information content (AvgIpc) is 2.60. The first-order chi connectivity index (χ1) is 7.28. The summed E-state index contributed by atoms with van der Waals surface area (Å²) in [7, 11) is 1.82. The van der Waals surface area contributed by atoms with Crippen LogP contribution in [0.5, 0.6) is 0 Å². The number of hydrogen-bond acceptors (Lipinski definition) is 3. The van der Waals surface area contributed by atoms with Crippen molar-refractivity contribution in [1.82, 2.24) is 5.32 Å². The maximum atomic E-state index is 5.59. The average molecular weight is 225 g/mol. The van der Waals surface area contributed by atoms with Crippen LogP contribution in [0.1, 0.15) is 23.1 Å². The van der Waals surface area contributed by atoms with Crippen molar-refractivity contribution in [3.63, 3.8) is 0 Å². The normalized spacial score (nSPS) is 18.8. The maximum absolute atomic E-state index is 5.59. The van der Waals surface area contributed by atoms with Crippen LogP contribution in [-0.2, 0) is 17.6 Å². The molecule has 0 unspecified atom stereocenters. The van der Waals surface area contributed by atoms with E-state index in [4.69, 9.17) is 4.74 Å². The first-order valence-electron chi connectivity index (χ1n) is 5.61. The second-order valence-electron chi connectivity index (χ2n) is 4.29. The Balaban J connectivity index is 1.97. The topological polar surface area (TPSA) is 21.3 Å². The third-order valence-electron chi connectivity index (χ3n) is 3.04. The molecule has 1 fully saturated rings. The maximum Gasteiger partial charge on any atom is 0.0973 e. The second kappa shape index (κ2) is 4.64. The molecule has 0 aromatic carbocycles. The van der Waals surface area contributed by atoms with Crippen molar-refractivity contribution < 1.29 is 4.74 Å². The van der Waals surface area contributed by atoms with Gasteiger partial charge < -0.3 is 10.1 Å². The minimum Gasteiger partial charge on any atom is -0.375 e. The summed E-state index contributed by atoms with van der Waals surface area (Å²) in [5.74, 6) is 0. The van der Waals surface area contributed by atoms with Crippen molar-refractivity contribution in [3.8, 4) is 0 Å². The SMILES string of the molecule is CCCc1ccc(CC2(OC)CNC2)s1. The smallest absolute Gasteiger partial charge is 0.0973 e. The van der Waals surface area contributed by atoms with Gasteiger partial charge in [0.15, 0.2) is 0 Å². The van der Waals surface area contributed by atoms with Gasteiger partial charge in [-0.15, -0.1) is 11.3 Å². The number of methoxy groups -OCH3 is 1. The van der Waals surface area contributed by atoms with Crippen molar-refractivity contribution >= 4 is 11.3 Å². The number of nitrogens with one attached hydrogen (secondary N) is 1. The molecule has 2 nitrogen and oxygen atoms in total. The molecular weight excluding hydrogens is 206 g/mol. The quantitative estimate of drug-likeness (QED) is 0.829. The van der Waals surface area contributed by atoms with Crippen LogP contribution in [-0.4, -0.2) is 25.8 Å². The minimum atomic E-state index is 0.0777. The van der Waals surface area contributed by atoms with Crippen molar-refractivity contribution in [2.24, 2.45) is 0 Å². The van der Waals surface area contributed by atoms with E-state index in [1.165, 1.54) is 22.6 Å². The Hall–Kier alpha value is -0.380. The summed E-state index contributed by atoms with van der Waals surface area (Å²) in [6, 6.07) is 4.52. The minimum absolute atomic E-state index is 0.0777. The molecule has 2 heterocycles. The summed E-state index contributed by atoms with van der Waals surface area (Å²) < 4.78 is 5.59. The van der Waals surface area contributed by atoms with E-state index in [2.05, 4.69) is 24.4 Å². The molecule has 0 bridgehead atoms. The van der Waals surface area contributed by atoms with E-state index in [-0.39, 0.29) is 5.60 Å². The Bertz CT molecular complexity index is 312. The van der Waals surface area contributed by atoms with E-state index in [0.717, 1.165) is 19.5 Å². The van der Waals surface area contributed by atoms with Gasteiger partial charge in [-0.1, -0.05) is 13.3 Å². The molecule has 15 heavy (non-hydrogen) atoms. The highest BCUT2D eigenvalue weighted by Gasteiger charge is 2.37. The standard InChI is InChI=1S/C12H19NOS/c1-3-4-10-5-6-11(15-10)7-12(14-2)8-13-9-12/h5-6,13H,3-4,7-9H2,1-2H3. The van der Waals surface area contributed by atoms with Gasteiger partial charge in [0.2, 0.25) is 0 Å². The van der Waals surface area contributed by atoms with Crippen LogP contribution in [0, 0.1) is 0 Å². The Morgan fingerprint density at radius 2 is 2.13 bits per heavy atom. The molecule has 3 heteroatoms. The van der Waals surface area contributed by atoms with Crippen LogP contribution in [0.4, 0.5) is 0 Å². The van der Waals surface area contributed by atoms with E-state index in [9.17, 15) is 0 Å². The van der Waals surface area contributed by atoms with Crippen molar-refractivity contribution in [2.45, 2.75) is 31.8 Å². The zero-order chi connectivity index (χ0) is 10.7. The van der Waals surface area contributed by atoms with Gasteiger partial charge in [0, 0.05) is 36.4 Å². The van der Waals surface area contributed by atoms with Gasteiger partial charge in [0.05, 0.1) is 5.60 Å². The molecule has 2 rings (SSSR count). The molecule has 1 aliphatic heterocycles. The van der Waals surface area contributed by atoms with Crippen LogP contribution in [0.2, 0.25) is 0 Å². The highest BCUT2D eigenvalue weighted by molar-refractivity contribution is 7.12. The molecular formula is C12H19NOS. The third kappa shape index (κ3) is 2.41. The summed E-state index contributed by atoms with van der Waals surface area (Å²) in [6.45, 7) is 4.21. The zero-order valence-corrected chi connectivity index (χ0v) is 10.3. The van der Waals surface area contributed by atoms with Gasteiger partial charge in [-0.05, 0) is 18.6 Å². The van der Waals surface area contributed by atoms with Gasteiger partial charge in [0.1, 0.15) is 0 Å². The summed E-state index contributed by atoms with van der Waals surface area (Å²) in [6.07, 6.45) is 3.50. The molecule has 1 aromatic rings. The predicted molar refractivity (Wildman–Crippen MR) is 64.6 cm³/mol. The van der Waals surface area contributed by atoms with Crippen LogP contribution >= 0.6 is 11.3 Å². The molecule has 0 atom stereocenters. The van der Waals surface area contributed by atoms with E-state index in [1.54, 1.807) is 0 Å². The lowest BCUT2D eigenvalue weighted by atomic mass is 9.92. The largest absolute Gasteiger partial charge is 0.375 e. The second-order valence-corrected chi connectivity index (χ2v) is 5.54. The number of aryl methyl sites for hydroxylation is 1. The molecule has 1 saturated heterocycles. The molecule has 0 aliphatic carbocycles. The van der Waals surface area contributed by atoms with Crippen LogP contribution in [0.25, 0.3) is 0 Å². The van der Waals surface area contributed by atoms with Gasteiger partial charge >= 0.3 is 0 Å². The van der Waals surface area contributed by atoms with E-state index >= 15 is 0 Å². The lowest BCUT2D eigenvalue weighted by Crippen LogP contribution is -2.61. The molecule has 0 radical (unpaired) electrons. The molecule has 0 amide bonds. The van der Waals surface area contributed by atoms with Gasteiger partial charge in [-0.25, -0.2) is 0 Å². The summed E-state index contributed by atoms with van der Waals surface area (Å²) in [5, 5.41) is 3.28. The Labute approximate surface area is 95.6 Å².